The number of H-pyrrole nitrogens is 1. The zero-order chi connectivity index (χ0) is 93.5. The first-order valence-electron chi connectivity index (χ1n) is 43.8. The van der Waals surface area contributed by atoms with E-state index in [2.05, 4.69) is 368 Å². The number of aromatic nitrogens is 6. The van der Waals surface area contributed by atoms with E-state index in [0.717, 1.165) is 79.9 Å². The van der Waals surface area contributed by atoms with E-state index < -0.39 is 7.12 Å². The van der Waals surface area contributed by atoms with Crippen LogP contribution in [0, 0.1) is 0 Å². The van der Waals surface area contributed by atoms with Crippen molar-refractivity contribution in [3.8, 4) is 112 Å². The van der Waals surface area contributed by atoms with E-state index in [9.17, 15) is 0 Å². The zero-order valence-corrected chi connectivity index (χ0v) is 80.0. The van der Waals surface area contributed by atoms with Gasteiger partial charge in [0.2, 0.25) is 10.6 Å². The monoisotopic (exact) mass is 2030 g/mol. The van der Waals surface area contributed by atoms with Crippen LogP contribution in [-0.4, -0.2) is 59.4 Å². The lowest BCUT2D eigenvalue weighted by atomic mass is 9.80. The molecule has 137 heavy (non-hydrogen) atoms. The van der Waals surface area contributed by atoms with Crippen LogP contribution in [0.25, 0.3) is 171 Å². The summed E-state index contributed by atoms with van der Waals surface area (Å²) >= 11 is 27.8. The van der Waals surface area contributed by atoms with Gasteiger partial charge in [0.15, 0.2) is 0 Å². The minimum atomic E-state index is -1.39. The Labute approximate surface area is 837 Å². The molecular weight excluding hydrogens is 1950 g/mol. The molecule has 0 bridgehead atoms. The fraction of sp³-hybridized carbons (Fsp3) is 0.00840. The van der Waals surface area contributed by atoms with Crippen LogP contribution < -0.4 is 10.1 Å². The molecule has 0 atom stereocenters. The second kappa shape index (κ2) is 46.7. The van der Waals surface area contributed by atoms with Gasteiger partial charge in [-0.3, -0.25) is 0 Å². The van der Waals surface area contributed by atoms with Crippen LogP contribution in [0.4, 0.5) is 0 Å². The Hall–Kier alpha value is -14.4. The van der Waals surface area contributed by atoms with E-state index in [4.69, 9.17) is 54.5 Å². The van der Waals surface area contributed by atoms with Crippen molar-refractivity contribution in [2.45, 2.75) is 7.43 Å². The SMILES string of the molecule is Brc1cccc(-c2ccc(-c3ccccc3)cc2)c1.Brc1cccc(Br)c1.C.Clc1nc(-c2cccc(-c3ccc(-c4ccccc4)cc3)c2)c2ccccc2n1.Clc1nc(Cl)c2ccccc2n1.OB(O)c1ccc(-c2ccccc2)cc1.O[B]Oc1cccc(-c2ccc(-c3ccccc3)cc2)c1.c1ccc(-n2c3ccccc3c3cc(-c4ccc5[nH]c6ccccc6c5c4)ccc32)cc1. The first-order valence-corrected chi connectivity index (χ1v) is 47.3. The van der Waals surface area contributed by atoms with Crippen molar-refractivity contribution >= 4 is 168 Å². The van der Waals surface area contributed by atoms with Gasteiger partial charge in [0, 0.05) is 68.0 Å². The summed E-state index contributed by atoms with van der Waals surface area (Å²) in [4.78, 5) is 20.2. The normalized spacial score (nSPS) is 10.6. The molecule has 0 amide bonds. The maximum Gasteiger partial charge on any atom is 0.569 e. The number of hydrogen-bond acceptors (Lipinski definition) is 8. The molecule has 0 aliphatic heterocycles. The average Bonchev–Trinajstić information content (AvgIpc) is 1.57. The summed E-state index contributed by atoms with van der Waals surface area (Å²) in [5, 5.41) is 34.3. The molecule has 1 radical (unpaired) electrons. The van der Waals surface area contributed by atoms with E-state index in [0.29, 0.717) is 24.1 Å². The summed E-state index contributed by atoms with van der Waals surface area (Å²) < 4.78 is 10.7. The van der Waals surface area contributed by atoms with Crippen molar-refractivity contribution in [3.63, 3.8) is 0 Å². The van der Waals surface area contributed by atoms with Gasteiger partial charge in [0.25, 0.3) is 0 Å². The van der Waals surface area contributed by atoms with Gasteiger partial charge in [-0.2, -0.15) is 0 Å². The number of fused-ring (bicyclic) bond motifs is 8. The maximum absolute atomic E-state index is 8.94. The van der Waals surface area contributed by atoms with Crippen LogP contribution in [0.15, 0.2) is 493 Å². The minimum Gasteiger partial charge on any atom is -0.537 e. The number of para-hydroxylation sites is 5. The minimum absolute atomic E-state index is 0. The predicted molar refractivity (Wildman–Crippen MR) is 587 cm³/mol. The van der Waals surface area contributed by atoms with Crippen molar-refractivity contribution in [2.24, 2.45) is 0 Å². The number of rotatable bonds is 13. The summed E-state index contributed by atoms with van der Waals surface area (Å²) in [6.45, 7) is 0. The third-order valence-corrected chi connectivity index (χ3v) is 24.8. The molecular formula is C119H87B2Br3Cl3N6O4. The van der Waals surface area contributed by atoms with Crippen LogP contribution in [-0.2, 0) is 0 Å². The van der Waals surface area contributed by atoms with Crippen molar-refractivity contribution in [1.29, 1.82) is 0 Å². The molecule has 0 spiro atoms. The standard InChI is InChI=1S/C30H20N2.C26H17ClN2.C18H14BO2.C18H13Br.C12H11BO2.C8H4Cl2N2.C6H4Br2.CH4/c1-2-8-22(9-3-1)32-29-13-7-5-11-24(29)26-19-21(15-17-30(26)32)20-14-16-28-25(18-20)23-10-4-6-12-27(23)31-28;27-26-28-24-12-5-4-11-23(24)25(29-26)22-10-6-9-21(17-22)20-15-13-19(14-16-20)18-7-2-1-3-8-18;20-19-21-18-8-4-7-17(13-18)16-11-9-15(10-12-16)14-5-2-1-3-6-14;19-18-8-4-7-17(13-18)16-11-9-15(10-12-16)14-5-2-1-3-6-14;14-13(15)12-8-6-11(7-9-12)10-4-2-1-3-5-10;9-7-5-3-1-2-4-6(5)11-8(10)12-7;7-5-2-1-3-6(8)4-5;/h1-19,31H;1-17H;1-13,20H;1-13H;1-9,14-15H;1-4H;1-4H;1H4. The Bertz CT molecular complexity index is 7950. The summed E-state index contributed by atoms with van der Waals surface area (Å²) in [5.41, 5.74) is 28.9. The van der Waals surface area contributed by atoms with Crippen molar-refractivity contribution in [3.05, 3.63) is 508 Å². The van der Waals surface area contributed by atoms with Crippen molar-refractivity contribution in [2.75, 3.05) is 0 Å². The van der Waals surface area contributed by atoms with Crippen LogP contribution >= 0.6 is 82.6 Å². The number of hydrogen-bond donors (Lipinski definition) is 4. The van der Waals surface area contributed by atoms with Crippen molar-refractivity contribution in [1.82, 2.24) is 29.5 Å². The third kappa shape index (κ3) is 24.5. The van der Waals surface area contributed by atoms with Gasteiger partial charge in [-0.15, -0.1) is 0 Å². The lowest BCUT2D eigenvalue weighted by Crippen LogP contribution is -2.29. The smallest absolute Gasteiger partial charge is 0.537 e. The number of halogens is 6. The molecule has 19 aromatic carbocycles. The van der Waals surface area contributed by atoms with Crippen LogP contribution in [0.1, 0.15) is 7.43 Å². The first-order chi connectivity index (χ1) is 66.7. The van der Waals surface area contributed by atoms with Gasteiger partial charge < -0.3 is 29.3 Å². The molecule has 0 saturated heterocycles. The van der Waals surface area contributed by atoms with Crippen LogP contribution in [0.5, 0.6) is 5.75 Å². The Balaban J connectivity index is 0.000000120. The average molecular weight is 2030 g/mol. The number of benzene rings is 19. The van der Waals surface area contributed by atoms with Crippen LogP contribution in [0.3, 0.4) is 0 Å². The van der Waals surface area contributed by atoms with E-state index in [1.54, 1.807) is 18.2 Å². The second-order valence-electron chi connectivity index (χ2n) is 31.5. The van der Waals surface area contributed by atoms with Gasteiger partial charge in [0.1, 0.15) is 10.9 Å². The highest BCUT2D eigenvalue weighted by Crippen LogP contribution is 2.39. The van der Waals surface area contributed by atoms with Gasteiger partial charge >= 0.3 is 14.8 Å². The Morgan fingerprint density at radius 3 is 1.12 bits per heavy atom. The molecule has 665 valence electrons. The first kappa shape index (κ1) is 95.7. The topological polar surface area (TPSA) is 142 Å². The molecule has 4 N–H and O–H groups in total. The van der Waals surface area contributed by atoms with E-state index in [-0.39, 0.29) is 18.0 Å². The number of nitrogens with zero attached hydrogens (tertiary/aromatic N) is 5. The number of nitrogens with one attached hydrogen (secondary N) is 1. The molecule has 23 rings (SSSR count). The summed E-state index contributed by atoms with van der Waals surface area (Å²) in [5.74, 6) is 0.613. The zero-order valence-electron chi connectivity index (χ0n) is 73.0. The Morgan fingerprint density at radius 2 is 0.613 bits per heavy atom. The van der Waals surface area contributed by atoms with E-state index in [1.165, 1.54) is 105 Å². The fourth-order valence-corrected chi connectivity index (χ4v) is 18.2. The Morgan fingerprint density at radius 1 is 0.270 bits per heavy atom. The molecule has 0 unspecified atom stereocenters. The molecule has 0 fully saturated rings. The van der Waals surface area contributed by atoms with Crippen molar-refractivity contribution < 1.29 is 19.7 Å². The molecule has 4 aromatic heterocycles. The maximum atomic E-state index is 8.94. The molecule has 23 aromatic rings. The van der Waals surface area contributed by atoms with Gasteiger partial charge in [-0.1, -0.05) is 431 Å². The van der Waals surface area contributed by atoms with Crippen LogP contribution in [0.2, 0.25) is 15.7 Å². The van der Waals surface area contributed by atoms with Gasteiger partial charge in [0.05, 0.1) is 27.8 Å². The quantitative estimate of drug-likeness (QED) is 0.0508. The third-order valence-electron chi connectivity index (χ3n) is 22.7. The molecule has 10 nitrogen and oxygen atoms in total. The molecule has 4 heterocycles. The predicted octanol–water partition coefficient (Wildman–Crippen LogP) is 32.9. The molecule has 18 heteroatoms. The fourth-order valence-electron chi connectivity index (χ4n) is 16.0. The summed E-state index contributed by atoms with van der Waals surface area (Å²) in [6.07, 6.45) is 0. The Kier molecular flexibility index (Phi) is 32.6. The molecule has 0 saturated carbocycles. The largest absolute Gasteiger partial charge is 0.569 e. The lowest BCUT2D eigenvalue weighted by molar-refractivity contribution is 0.425. The van der Waals surface area contributed by atoms with Gasteiger partial charge in [-0.05, 0) is 233 Å². The molecule has 0 aliphatic rings. The summed E-state index contributed by atoms with van der Waals surface area (Å²) in [6, 6.07) is 163. The van der Waals surface area contributed by atoms with E-state index in [1.807, 2.05) is 170 Å². The second-order valence-corrected chi connectivity index (χ2v) is 35.3. The summed E-state index contributed by atoms with van der Waals surface area (Å²) in [7, 11) is -0.702. The molecule has 0 aliphatic carbocycles. The highest BCUT2D eigenvalue weighted by Gasteiger charge is 2.17. The van der Waals surface area contributed by atoms with E-state index >= 15 is 0 Å². The number of aromatic amines is 1. The highest BCUT2D eigenvalue weighted by molar-refractivity contribution is 9.11. The lowest BCUT2D eigenvalue weighted by Gasteiger charge is -2.09. The highest BCUT2D eigenvalue weighted by atomic mass is 79.9. The van der Waals surface area contributed by atoms with Gasteiger partial charge in [-0.25, -0.2) is 19.9 Å².